The third-order valence-electron chi connectivity index (χ3n) is 3.37. The van der Waals surface area contributed by atoms with Crippen LogP contribution in [-0.2, 0) is 23.9 Å². The van der Waals surface area contributed by atoms with Gasteiger partial charge in [0.15, 0.2) is 5.41 Å². The molecule has 2 unspecified atom stereocenters. The maximum atomic E-state index is 12.0. The van der Waals surface area contributed by atoms with Gasteiger partial charge in [-0.1, -0.05) is 0 Å². The van der Waals surface area contributed by atoms with E-state index in [2.05, 4.69) is 5.32 Å². The Labute approximate surface area is 98.6 Å². The molecule has 2 atom stereocenters. The molecule has 2 aliphatic heterocycles. The van der Waals surface area contributed by atoms with Gasteiger partial charge in [-0.3, -0.25) is 14.4 Å². The first-order chi connectivity index (χ1) is 8.13. The maximum Gasteiger partial charge on any atom is 0.324 e. The summed E-state index contributed by atoms with van der Waals surface area (Å²) in [5, 5.41) is 2.67. The lowest BCUT2D eigenvalue weighted by atomic mass is 9.67. The van der Waals surface area contributed by atoms with Crippen molar-refractivity contribution >= 4 is 17.8 Å². The highest BCUT2D eigenvalue weighted by Gasteiger charge is 2.60. The van der Waals surface area contributed by atoms with E-state index in [0.717, 1.165) is 0 Å². The van der Waals surface area contributed by atoms with Crippen molar-refractivity contribution in [2.75, 3.05) is 19.8 Å². The molecule has 2 rings (SSSR count). The van der Waals surface area contributed by atoms with Gasteiger partial charge in [-0.25, -0.2) is 0 Å². The fraction of sp³-hybridized carbons (Fsp3) is 0.727. The van der Waals surface area contributed by atoms with Crippen LogP contribution in [0.2, 0.25) is 0 Å². The van der Waals surface area contributed by atoms with Gasteiger partial charge in [-0.2, -0.15) is 0 Å². The summed E-state index contributed by atoms with van der Waals surface area (Å²) in [7, 11) is 0. The third kappa shape index (κ3) is 1.67. The van der Waals surface area contributed by atoms with Crippen molar-refractivity contribution in [3.05, 3.63) is 0 Å². The lowest BCUT2D eigenvalue weighted by Gasteiger charge is -2.41. The van der Waals surface area contributed by atoms with Crippen LogP contribution in [0.5, 0.6) is 0 Å². The quantitative estimate of drug-likeness (QED) is 0.526. The molecule has 0 radical (unpaired) electrons. The summed E-state index contributed by atoms with van der Waals surface area (Å²) in [4.78, 5) is 35.7. The molecule has 0 bridgehead atoms. The average molecular weight is 241 g/mol. The number of esters is 2. The van der Waals surface area contributed by atoms with Gasteiger partial charge in [0.1, 0.15) is 0 Å². The Morgan fingerprint density at radius 2 is 2.35 bits per heavy atom. The van der Waals surface area contributed by atoms with Crippen LogP contribution >= 0.6 is 0 Å². The third-order valence-corrected chi connectivity index (χ3v) is 3.37. The van der Waals surface area contributed by atoms with Crippen molar-refractivity contribution in [1.29, 1.82) is 0 Å². The zero-order valence-electron chi connectivity index (χ0n) is 9.65. The second-order valence-electron chi connectivity index (χ2n) is 4.21. The second-order valence-corrected chi connectivity index (χ2v) is 4.21. The minimum atomic E-state index is -1.42. The monoisotopic (exact) mass is 241 g/mol. The molecule has 0 spiro atoms. The van der Waals surface area contributed by atoms with E-state index < -0.39 is 23.3 Å². The van der Waals surface area contributed by atoms with Gasteiger partial charge >= 0.3 is 11.9 Å². The summed E-state index contributed by atoms with van der Waals surface area (Å²) in [6.07, 6.45) is 0.622. The molecular weight excluding hydrogens is 226 g/mol. The van der Waals surface area contributed by atoms with Gasteiger partial charge in [0.05, 0.1) is 19.1 Å². The fourth-order valence-electron chi connectivity index (χ4n) is 2.51. The van der Waals surface area contributed by atoms with Crippen LogP contribution in [0.15, 0.2) is 0 Å². The number of carbonyl (C=O) groups is 3. The van der Waals surface area contributed by atoms with Crippen molar-refractivity contribution in [2.45, 2.75) is 19.8 Å². The number of hydrogen-bond donors (Lipinski definition) is 1. The minimum Gasteiger partial charge on any atom is -0.465 e. The van der Waals surface area contributed by atoms with Crippen molar-refractivity contribution in [3.63, 3.8) is 0 Å². The molecule has 0 aromatic carbocycles. The molecule has 94 valence electrons. The molecule has 0 aromatic rings. The molecule has 0 aliphatic carbocycles. The van der Waals surface area contributed by atoms with E-state index in [1.54, 1.807) is 6.92 Å². The highest BCUT2D eigenvalue weighted by Crippen LogP contribution is 2.42. The first-order valence-corrected chi connectivity index (χ1v) is 5.75. The Balaban J connectivity index is 2.37. The standard InChI is InChI=1S/C11H15NO5/c1-2-16-9(14)11-4-5-12-8(13)7(11)3-6-17-10(11)15/h7H,2-6H2,1H3,(H,12,13). The number of ether oxygens (including phenoxy) is 2. The Morgan fingerprint density at radius 1 is 1.59 bits per heavy atom. The lowest BCUT2D eigenvalue weighted by Crippen LogP contribution is -2.60. The van der Waals surface area contributed by atoms with Crippen LogP contribution in [0.4, 0.5) is 0 Å². The molecule has 0 saturated carbocycles. The largest absolute Gasteiger partial charge is 0.465 e. The topological polar surface area (TPSA) is 81.7 Å². The van der Waals surface area contributed by atoms with Crippen molar-refractivity contribution in [2.24, 2.45) is 11.3 Å². The molecule has 2 aliphatic rings. The zero-order chi connectivity index (χ0) is 12.5. The summed E-state index contributed by atoms with van der Waals surface area (Å²) >= 11 is 0. The number of carbonyl (C=O) groups excluding carboxylic acids is 3. The van der Waals surface area contributed by atoms with Crippen LogP contribution in [0.25, 0.3) is 0 Å². The summed E-state index contributed by atoms with van der Waals surface area (Å²) in [6, 6.07) is 0. The SMILES string of the molecule is CCOC(=O)C12CCNC(=O)C1CCOC2=O. The first kappa shape index (κ1) is 11.9. The van der Waals surface area contributed by atoms with E-state index in [-0.39, 0.29) is 25.5 Å². The van der Waals surface area contributed by atoms with Gasteiger partial charge in [0.2, 0.25) is 5.91 Å². The average Bonchev–Trinajstić information content (AvgIpc) is 2.31. The number of fused-ring (bicyclic) bond motifs is 1. The van der Waals surface area contributed by atoms with Gasteiger partial charge in [-0.15, -0.1) is 0 Å². The van der Waals surface area contributed by atoms with Crippen LogP contribution in [0.1, 0.15) is 19.8 Å². The molecule has 17 heavy (non-hydrogen) atoms. The van der Waals surface area contributed by atoms with Gasteiger partial charge in [0.25, 0.3) is 0 Å². The van der Waals surface area contributed by atoms with Crippen LogP contribution in [0.3, 0.4) is 0 Å². The van der Waals surface area contributed by atoms with E-state index in [0.29, 0.717) is 13.0 Å². The molecule has 0 aromatic heterocycles. The number of rotatable bonds is 2. The summed E-state index contributed by atoms with van der Waals surface area (Å²) in [5.41, 5.74) is -1.42. The molecule has 1 amide bonds. The first-order valence-electron chi connectivity index (χ1n) is 5.75. The number of cyclic esters (lactones) is 1. The second kappa shape index (κ2) is 4.35. The molecular formula is C11H15NO5. The van der Waals surface area contributed by atoms with Crippen LogP contribution in [0, 0.1) is 11.3 Å². The highest BCUT2D eigenvalue weighted by atomic mass is 16.6. The Kier molecular flexibility index (Phi) is 3.04. The van der Waals surface area contributed by atoms with E-state index in [9.17, 15) is 14.4 Å². The molecule has 6 heteroatoms. The number of amides is 1. The fourth-order valence-corrected chi connectivity index (χ4v) is 2.51. The molecule has 2 fully saturated rings. The molecule has 2 heterocycles. The zero-order valence-corrected chi connectivity index (χ0v) is 9.65. The number of piperidine rings is 1. The van der Waals surface area contributed by atoms with Gasteiger partial charge < -0.3 is 14.8 Å². The van der Waals surface area contributed by atoms with E-state index in [1.807, 2.05) is 0 Å². The minimum absolute atomic E-state index is 0.179. The number of nitrogens with one attached hydrogen (secondary N) is 1. The van der Waals surface area contributed by atoms with Crippen molar-refractivity contribution in [1.82, 2.24) is 5.32 Å². The van der Waals surface area contributed by atoms with E-state index in [4.69, 9.17) is 9.47 Å². The Morgan fingerprint density at radius 3 is 3.06 bits per heavy atom. The summed E-state index contributed by atoms with van der Waals surface area (Å²) in [6.45, 7) is 2.32. The smallest absolute Gasteiger partial charge is 0.324 e. The Hall–Kier alpha value is -1.59. The highest BCUT2D eigenvalue weighted by molar-refractivity contribution is 6.06. The summed E-state index contributed by atoms with van der Waals surface area (Å²) in [5.74, 6) is -2.18. The lowest BCUT2D eigenvalue weighted by molar-refractivity contribution is -0.189. The van der Waals surface area contributed by atoms with Gasteiger partial charge in [0, 0.05) is 6.54 Å². The maximum absolute atomic E-state index is 12.0. The van der Waals surface area contributed by atoms with Crippen LogP contribution in [-0.4, -0.2) is 37.6 Å². The van der Waals surface area contributed by atoms with E-state index in [1.165, 1.54) is 0 Å². The molecule has 1 N–H and O–H groups in total. The Bertz CT molecular complexity index is 367. The van der Waals surface area contributed by atoms with Gasteiger partial charge in [-0.05, 0) is 19.8 Å². The van der Waals surface area contributed by atoms with E-state index >= 15 is 0 Å². The predicted octanol–water partition coefficient (Wildman–Crippen LogP) is -0.381. The normalized spacial score (nSPS) is 32.2. The van der Waals surface area contributed by atoms with Crippen molar-refractivity contribution in [3.8, 4) is 0 Å². The molecule has 6 nitrogen and oxygen atoms in total. The predicted molar refractivity (Wildman–Crippen MR) is 55.8 cm³/mol. The van der Waals surface area contributed by atoms with Crippen LogP contribution < -0.4 is 5.32 Å². The van der Waals surface area contributed by atoms with Crippen molar-refractivity contribution < 1.29 is 23.9 Å². The summed E-state index contributed by atoms with van der Waals surface area (Å²) < 4.78 is 9.89. The number of hydrogen-bond acceptors (Lipinski definition) is 5. The molecule has 2 saturated heterocycles.